The molecule has 0 radical (unpaired) electrons. The molecule has 10 heteroatoms. The van der Waals surface area contributed by atoms with E-state index in [2.05, 4.69) is 36.7 Å². The molecule has 184 valence electrons. The van der Waals surface area contributed by atoms with Crippen molar-refractivity contribution in [1.82, 2.24) is 15.5 Å². The maximum absolute atomic E-state index is 13.1. The lowest BCUT2D eigenvalue weighted by Crippen LogP contribution is -2.51. The zero-order chi connectivity index (χ0) is 25.1. The van der Waals surface area contributed by atoms with Crippen LogP contribution in [0.2, 0.25) is 0 Å². The quantitative estimate of drug-likeness (QED) is 0.447. The number of imide groups is 1. The number of urea groups is 1. The molecule has 1 spiro atoms. The Labute approximate surface area is 199 Å². The van der Waals surface area contributed by atoms with Gasteiger partial charge in [-0.15, -0.1) is 0 Å². The van der Waals surface area contributed by atoms with Crippen molar-refractivity contribution in [2.75, 3.05) is 18.4 Å². The zero-order valence-electron chi connectivity index (χ0n) is 19.9. The fourth-order valence-corrected chi connectivity index (χ4v) is 4.65. The van der Waals surface area contributed by atoms with Crippen LogP contribution < -0.4 is 21.7 Å². The van der Waals surface area contributed by atoms with E-state index in [1.54, 1.807) is 18.2 Å². The third kappa shape index (κ3) is 5.55. The van der Waals surface area contributed by atoms with Crippen LogP contribution in [0.5, 0.6) is 0 Å². The topological polar surface area (TPSA) is 151 Å². The molecule has 5 N–H and O–H groups in total. The maximum Gasteiger partial charge on any atom is 0.325 e. The van der Waals surface area contributed by atoms with Gasteiger partial charge in [-0.05, 0) is 49.1 Å². The molecule has 2 aliphatic rings. The van der Waals surface area contributed by atoms with E-state index in [0.29, 0.717) is 18.8 Å². The third-order valence-electron chi connectivity index (χ3n) is 6.71. The second kappa shape index (κ2) is 9.82. The lowest BCUT2D eigenvalue weighted by Gasteiger charge is -2.40. The first-order valence-electron chi connectivity index (χ1n) is 11.5. The summed E-state index contributed by atoms with van der Waals surface area (Å²) >= 11 is 0. The SMILES string of the molecule is CC(C)(C)C1CCC2(CC1)NC(=O)N(CC(=O)Nc1ccccc1C(=O)NCCC(N)=O)C2=O. The van der Waals surface area contributed by atoms with E-state index in [9.17, 15) is 24.0 Å². The summed E-state index contributed by atoms with van der Waals surface area (Å²) in [7, 11) is 0. The van der Waals surface area contributed by atoms with Crippen molar-refractivity contribution in [3.63, 3.8) is 0 Å². The molecule has 1 saturated heterocycles. The molecule has 3 rings (SSSR count). The molecule has 10 nitrogen and oxygen atoms in total. The standard InChI is InChI=1S/C24H33N5O5/c1-23(2,3)15-8-11-24(12-9-15)21(33)29(22(34)28-24)14-19(31)27-17-7-5-4-6-16(17)20(32)26-13-10-18(25)30/h4-7,15H,8-14H2,1-3H3,(H2,25,30)(H,26,32)(H,27,31)(H,28,34). The third-order valence-corrected chi connectivity index (χ3v) is 6.71. The van der Waals surface area contributed by atoms with Gasteiger partial charge in [0.1, 0.15) is 12.1 Å². The van der Waals surface area contributed by atoms with Crippen LogP contribution in [0.3, 0.4) is 0 Å². The van der Waals surface area contributed by atoms with Gasteiger partial charge in [-0.1, -0.05) is 32.9 Å². The van der Waals surface area contributed by atoms with Crippen LogP contribution in [0.15, 0.2) is 24.3 Å². The fraction of sp³-hybridized carbons (Fsp3) is 0.542. The summed E-state index contributed by atoms with van der Waals surface area (Å²) in [5, 5.41) is 8.00. The Kier molecular flexibility index (Phi) is 7.28. The Morgan fingerprint density at radius 2 is 1.79 bits per heavy atom. The average Bonchev–Trinajstić information content (AvgIpc) is 2.97. The van der Waals surface area contributed by atoms with Crippen molar-refractivity contribution in [3.05, 3.63) is 29.8 Å². The number of nitrogens with one attached hydrogen (secondary N) is 3. The Morgan fingerprint density at radius 1 is 1.15 bits per heavy atom. The summed E-state index contributed by atoms with van der Waals surface area (Å²) in [6.07, 6.45) is 2.74. The number of carbonyl (C=O) groups is 5. The molecule has 6 amide bonds. The van der Waals surface area contributed by atoms with Crippen LogP contribution in [-0.4, -0.2) is 53.2 Å². The fourth-order valence-electron chi connectivity index (χ4n) is 4.65. The highest BCUT2D eigenvalue weighted by atomic mass is 16.2. The van der Waals surface area contributed by atoms with Crippen molar-refractivity contribution >= 4 is 35.3 Å². The molecule has 34 heavy (non-hydrogen) atoms. The van der Waals surface area contributed by atoms with E-state index in [1.807, 2.05) is 0 Å². The Balaban J connectivity index is 1.63. The zero-order valence-corrected chi connectivity index (χ0v) is 19.9. The summed E-state index contributed by atoms with van der Waals surface area (Å²) in [6, 6.07) is 5.76. The van der Waals surface area contributed by atoms with Crippen molar-refractivity contribution in [2.24, 2.45) is 17.1 Å². The second-order valence-electron chi connectivity index (χ2n) is 10.1. The highest BCUT2D eigenvalue weighted by molar-refractivity contribution is 6.11. The van der Waals surface area contributed by atoms with Gasteiger partial charge in [0.2, 0.25) is 11.8 Å². The van der Waals surface area contributed by atoms with E-state index in [4.69, 9.17) is 5.73 Å². The molecule has 0 aromatic heterocycles. The summed E-state index contributed by atoms with van der Waals surface area (Å²) in [5.41, 5.74) is 4.69. The highest BCUT2D eigenvalue weighted by Crippen LogP contribution is 2.43. The van der Waals surface area contributed by atoms with E-state index in [1.165, 1.54) is 6.07 Å². The van der Waals surface area contributed by atoms with Gasteiger partial charge in [-0.25, -0.2) is 4.79 Å². The monoisotopic (exact) mass is 471 g/mol. The molecule has 0 unspecified atom stereocenters. The number of primary amides is 1. The number of nitrogens with zero attached hydrogens (tertiary/aromatic N) is 1. The van der Waals surface area contributed by atoms with Gasteiger partial charge in [-0.2, -0.15) is 0 Å². The van der Waals surface area contributed by atoms with E-state index in [-0.39, 0.29) is 35.5 Å². The lowest BCUT2D eigenvalue weighted by molar-refractivity contribution is -0.135. The summed E-state index contributed by atoms with van der Waals surface area (Å²) in [5.74, 6) is -1.54. The first-order chi connectivity index (χ1) is 15.9. The van der Waals surface area contributed by atoms with Crippen LogP contribution in [-0.2, 0) is 14.4 Å². The van der Waals surface area contributed by atoms with Gasteiger partial charge >= 0.3 is 6.03 Å². The molecular weight excluding hydrogens is 438 g/mol. The van der Waals surface area contributed by atoms with Crippen LogP contribution >= 0.6 is 0 Å². The molecule has 1 heterocycles. The molecule has 1 aromatic rings. The van der Waals surface area contributed by atoms with Crippen LogP contribution in [0.25, 0.3) is 0 Å². The number of hydrogen-bond acceptors (Lipinski definition) is 5. The van der Waals surface area contributed by atoms with E-state index in [0.717, 1.165) is 17.7 Å². The normalized spacial score (nSPS) is 22.4. The van der Waals surface area contributed by atoms with Crippen molar-refractivity contribution in [3.8, 4) is 0 Å². The minimum atomic E-state index is -0.947. The summed E-state index contributed by atoms with van der Waals surface area (Å²) < 4.78 is 0. The number of benzene rings is 1. The van der Waals surface area contributed by atoms with Crippen molar-refractivity contribution in [1.29, 1.82) is 0 Å². The van der Waals surface area contributed by atoms with Gasteiger partial charge in [-0.3, -0.25) is 24.1 Å². The largest absolute Gasteiger partial charge is 0.370 e. The summed E-state index contributed by atoms with van der Waals surface area (Å²) in [6.45, 7) is 6.15. The van der Waals surface area contributed by atoms with Gasteiger partial charge in [0, 0.05) is 13.0 Å². The smallest absolute Gasteiger partial charge is 0.325 e. The molecule has 1 aliphatic heterocycles. The number of para-hydroxylation sites is 1. The van der Waals surface area contributed by atoms with Crippen LogP contribution in [0.1, 0.15) is 63.2 Å². The first-order valence-corrected chi connectivity index (χ1v) is 11.5. The molecule has 0 bridgehead atoms. The predicted molar refractivity (Wildman–Crippen MR) is 126 cm³/mol. The first kappa shape index (κ1) is 25.2. The second-order valence-corrected chi connectivity index (χ2v) is 10.1. The lowest BCUT2D eigenvalue weighted by atomic mass is 9.67. The highest BCUT2D eigenvalue weighted by Gasteiger charge is 2.53. The number of amides is 6. The Hall–Kier alpha value is -3.43. The van der Waals surface area contributed by atoms with E-state index < -0.39 is 35.8 Å². The van der Waals surface area contributed by atoms with Crippen LogP contribution in [0.4, 0.5) is 10.5 Å². The van der Waals surface area contributed by atoms with Crippen molar-refractivity contribution in [2.45, 2.75) is 58.4 Å². The maximum atomic E-state index is 13.1. The molecule has 1 saturated carbocycles. The number of anilines is 1. The molecule has 1 aromatic carbocycles. The van der Waals surface area contributed by atoms with Crippen molar-refractivity contribution < 1.29 is 24.0 Å². The van der Waals surface area contributed by atoms with Gasteiger partial charge in [0.15, 0.2) is 0 Å². The average molecular weight is 472 g/mol. The van der Waals surface area contributed by atoms with Gasteiger partial charge in [0.25, 0.3) is 11.8 Å². The summed E-state index contributed by atoms with van der Waals surface area (Å²) in [4.78, 5) is 62.7. The number of carbonyl (C=O) groups excluding carboxylic acids is 5. The Morgan fingerprint density at radius 3 is 2.41 bits per heavy atom. The minimum Gasteiger partial charge on any atom is -0.370 e. The molecule has 1 aliphatic carbocycles. The molecule has 2 fully saturated rings. The van der Waals surface area contributed by atoms with Gasteiger partial charge < -0.3 is 21.7 Å². The Bertz CT molecular complexity index is 992. The number of nitrogens with two attached hydrogens (primary N) is 1. The minimum absolute atomic E-state index is 0.00923. The molecule has 0 atom stereocenters. The van der Waals surface area contributed by atoms with Gasteiger partial charge in [0.05, 0.1) is 11.3 Å². The number of hydrogen-bond donors (Lipinski definition) is 4. The predicted octanol–water partition coefficient (Wildman–Crippen LogP) is 1.76. The number of rotatable bonds is 7. The van der Waals surface area contributed by atoms with E-state index >= 15 is 0 Å². The van der Waals surface area contributed by atoms with Crippen LogP contribution in [0, 0.1) is 11.3 Å². The molecular formula is C24H33N5O5.